The first-order valence-electron chi connectivity index (χ1n) is 6.43. The van der Waals surface area contributed by atoms with E-state index in [9.17, 15) is 4.79 Å². The standard InChI is InChI=1S/C13H24N4O2/c1-9-11(14-6)10(2)17(16-9)8-7-15-12(18)19-13(3,4)5/h14H,7-8H2,1-6H3,(H,15,18). The van der Waals surface area contributed by atoms with E-state index in [1.54, 1.807) is 0 Å². The molecule has 0 aromatic carbocycles. The second kappa shape index (κ2) is 5.95. The van der Waals surface area contributed by atoms with E-state index < -0.39 is 11.7 Å². The number of aryl methyl sites for hydroxylation is 1. The first-order chi connectivity index (χ1) is 8.74. The Kier molecular flexibility index (Phi) is 4.80. The number of amides is 1. The fourth-order valence-corrected chi connectivity index (χ4v) is 1.85. The largest absolute Gasteiger partial charge is 0.444 e. The van der Waals surface area contributed by atoms with Crippen molar-refractivity contribution in [3.05, 3.63) is 11.4 Å². The van der Waals surface area contributed by atoms with E-state index in [-0.39, 0.29) is 0 Å². The number of nitrogens with zero attached hydrogens (tertiary/aromatic N) is 2. The van der Waals surface area contributed by atoms with Crippen molar-refractivity contribution < 1.29 is 9.53 Å². The number of aromatic nitrogens is 2. The van der Waals surface area contributed by atoms with Crippen LogP contribution in [0, 0.1) is 13.8 Å². The van der Waals surface area contributed by atoms with E-state index in [0.29, 0.717) is 13.1 Å². The molecule has 1 amide bonds. The monoisotopic (exact) mass is 268 g/mol. The molecule has 0 aliphatic rings. The van der Waals surface area contributed by atoms with Gasteiger partial charge in [0, 0.05) is 13.6 Å². The van der Waals surface area contributed by atoms with Gasteiger partial charge in [0.25, 0.3) is 0 Å². The van der Waals surface area contributed by atoms with Gasteiger partial charge in [0.1, 0.15) is 5.60 Å². The molecule has 0 radical (unpaired) electrons. The SMILES string of the molecule is CNc1c(C)nn(CCNC(=O)OC(C)(C)C)c1C. The van der Waals surface area contributed by atoms with Crippen LogP contribution in [-0.4, -0.2) is 35.1 Å². The highest BCUT2D eigenvalue weighted by Gasteiger charge is 2.16. The molecule has 2 N–H and O–H groups in total. The van der Waals surface area contributed by atoms with Crippen LogP contribution >= 0.6 is 0 Å². The van der Waals surface area contributed by atoms with Gasteiger partial charge >= 0.3 is 6.09 Å². The van der Waals surface area contributed by atoms with E-state index >= 15 is 0 Å². The van der Waals surface area contributed by atoms with Gasteiger partial charge < -0.3 is 15.4 Å². The number of carbonyl (C=O) groups is 1. The van der Waals surface area contributed by atoms with Gasteiger partial charge in [-0.25, -0.2) is 4.79 Å². The number of hydrogen-bond donors (Lipinski definition) is 2. The predicted molar refractivity (Wildman–Crippen MR) is 75.5 cm³/mol. The van der Waals surface area contributed by atoms with Gasteiger partial charge in [0.2, 0.25) is 0 Å². The maximum Gasteiger partial charge on any atom is 0.407 e. The second-order valence-corrected chi connectivity index (χ2v) is 5.45. The van der Waals surface area contributed by atoms with Gasteiger partial charge in [-0.15, -0.1) is 0 Å². The van der Waals surface area contributed by atoms with Gasteiger partial charge in [-0.05, 0) is 34.6 Å². The minimum Gasteiger partial charge on any atom is -0.444 e. The number of hydrogen-bond acceptors (Lipinski definition) is 4. The molecule has 6 nitrogen and oxygen atoms in total. The summed E-state index contributed by atoms with van der Waals surface area (Å²) in [6.07, 6.45) is -0.400. The Balaban J connectivity index is 2.48. The zero-order valence-electron chi connectivity index (χ0n) is 12.6. The number of nitrogens with one attached hydrogen (secondary N) is 2. The van der Waals surface area contributed by atoms with Crippen molar-refractivity contribution in [2.24, 2.45) is 0 Å². The molecular weight excluding hydrogens is 244 g/mol. The van der Waals surface area contributed by atoms with E-state index in [4.69, 9.17) is 4.74 Å². The van der Waals surface area contributed by atoms with Gasteiger partial charge in [-0.1, -0.05) is 0 Å². The highest BCUT2D eigenvalue weighted by molar-refractivity contribution is 5.67. The lowest BCUT2D eigenvalue weighted by molar-refractivity contribution is 0.0525. The molecule has 0 fully saturated rings. The highest BCUT2D eigenvalue weighted by Crippen LogP contribution is 2.17. The molecule has 0 unspecified atom stereocenters. The molecule has 0 saturated heterocycles. The maximum absolute atomic E-state index is 11.5. The lowest BCUT2D eigenvalue weighted by atomic mass is 10.2. The summed E-state index contributed by atoms with van der Waals surface area (Å²) in [6.45, 7) is 10.6. The van der Waals surface area contributed by atoms with Gasteiger partial charge in [0.15, 0.2) is 0 Å². The lowest BCUT2D eigenvalue weighted by Gasteiger charge is -2.19. The van der Waals surface area contributed by atoms with E-state index in [2.05, 4.69) is 15.7 Å². The van der Waals surface area contributed by atoms with Gasteiger partial charge in [-0.3, -0.25) is 4.68 Å². The van der Waals surface area contributed by atoms with E-state index in [1.165, 1.54) is 0 Å². The Morgan fingerprint density at radius 3 is 2.47 bits per heavy atom. The molecule has 1 aromatic heterocycles. The Hall–Kier alpha value is -1.72. The Morgan fingerprint density at radius 2 is 2.00 bits per heavy atom. The highest BCUT2D eigenvalue weighted by atomic mass is 16.6. The van der Waals surface area contributed by atoms with Crippen molar-refractivity contribution >= 4 is 11.8 Å². The normalized spacial score (nSPS) is 11.3. The Morgan fingerprint density at radius 1 is 1.37 bits per heavy atom. The molecule has 0 aliphatic heterocycles. The summed E-state index contributed by atoms with van der Waals surface area (Å²) in [7, 11) is 1.88. The summed E-state index contributed by atoms with van der Waals surface area (Å²) < 4.78 is 7.04. The summed E-state index contributed by atoms with van der Waals surface area (Å²) in [6, 6.07) is 0. The minimum atomic E-state index is -0.471. The molecule has 1 aromatic rings. The average Bonchev–Trinajstić information content (AvgIpc) is 2.51. The molecule has 1 heterocycles. The molecule has 108 valence electrons. The molecule has 6 heteroatoms. The zero-order chi connectivity index (χ0) is 14.6. The van der Waals surface area contributed by atoms with Crippen LogP contribution in [0.5, 0.6) is 0 Å². The van der Waals surface area contributed by atoms with Crippen molar-refractivity contribution in [1.29, 1.82) is 0 Å². The fraction of sp³-hybridized carbons (Fsp3) is 0.692. The molecule has 1 rings (SSSR count). The van der Waals surface area contributed by atoms with Crippen molar-refractivity contribution in [1.82, 2.24) is 15.1 Å². The van der Waals surface area contributed by atoms with E-state index in [0.717, 1.165) is 17.1 Å². The lowest BCUT2D eigenvalue weighted by Crippen LogP contribution is -2.34. The summed E-state index contributed by atoms with van der Waals surface area (Å²) >= 11 is 0. The zero-order valence-corrected chi connectivity index (χ0v) is 12.6. The number of ether oxygens (including phenoxy) is 1. The average molecular weight is 268 g/mol. The summed E-state index contributed by atoms with van der Waals surface area (Å²) in [4.78, 5) is 11.5. The van der Waals surface area contributed by atoms with Crippen LogP contribution in [0.2, 0.25) is 0 Å². The molecule has 0 aliphatic carbocycles. The first kappa shape index (κ1) is 15.3. The van der Waals surface area contributed by atoms with Crippen molar-refractivity contribution in [3.63, 3.8) is 0 Å². The predicted octanol–water partition coefficient (Wildman–Crippen LogP) is 2.07. The molecule has 19 heavy (non-hydrogen) atoms. The molecule has 0 spiro atoms. The van der Waals surface area contributed by atoms with Gasteiger partial charge in [-0.2, -0.15) is 5.10 Å². The third-order valence-corrected chi connectivity index (χ3v) is 2.62. The third kappa shape index (κ3) is 4.46. The van der Waals surface area contributed by atoms with Gasteiger partial charge in [0.05, 0.1) is 23.6 Å². The first-order valence-corrected chi connectivity index (χ1v) is 6.43. The molecular formula is C13H24N4O2. The molecule has 0 atom stereocenters. The Labute approximate surface area is 114 Å². The quantitative estimate of drug-likeness (QED) is 0.877. The molecule has 0 saturated carbocycles. The number of anilines is 1. The second-order valence-electron chi connectivity index (χ2n) is 5.45. The topological polar surface area (TPSA) is 68.2 Å². The smallest absolute Gasteiger partial charge is 0.407 e. The fourth-order valence-electron chi connectivity index (χ4n) is 1.85. The summed E-state index contributed by atoms with van der Waals surface area (Å²) in [5.41, 5.74) is 2.59. The van der Waals surface area contributed by atoms with Crippen molar-refractivity contribution in [2.45, 2.75) is 46.8 Å². The Bertz CT molecular complexity index is 446. The maximum atomic E-state index is 11.5. The number of rotatable bonds is 4. The number of carbonyl (C=O) groups excluding carboxylic acids is 1. The summed E-state index contributed by atoms with van der Waals surface area (Å²) in [5.74, 6) is 0. The number of alkyl carbamates (subject to hydrolysis) is 1. The third-order valence-electron chi connectivity index (χ3n) is 2.62. The van der Waals surface area contributed by atoms with Crippen LogP contribution in [0.3, 0.4) is 0 Å². The van der Waals surface area contributed by atoms with Crippen LogP contribution in [-0.2, 0) is 11.3 Å². The van der Waals surface area contributed by atoms with Crippen LogP contribution < -0.4 is 10.6 Å². The minimum absolute atomic E-state index is 0.400. The van der Waals surface area contributed by atoms with Crippen LogP contribution in [0.1, 0.15) is 32.2 Å². The van der Waals surface area contributed by atoms with Crippen molar-refractivity contribution in [3.8, 4) is 0 Å². The van der Waals surface area contributed by atoms with Crippen LogP contribution in [0.25, 0.3) is 0 Å². The van der Waals surface area contributed by atoms with Crippen molar-refractivity contribution in [2.75, 3.05) is 18.9 Å². The summed E-state index contributed by atoms with van der Waals surface area (Å²) in [5, 5.41) is 10.3. The molecule has 0 bridgehead atoms. The van der Waals surface area contributed by atoms with Crippen LogP contribution in [0.4, 0.5) is 10.5 Å². The van der Waals surface area contributed by atoms with E-state index in [1.807, 2.05) is 46.3 Å². The van der Waals surface area contributed by atoms with Crippen LogP contribution in [0.15, 0.2) is 0 Å².